The van der Waals surface area contributed by atoms with Crippen LogP contribution >= 0.6 is 0 Å². The van der Waals surface area contributed by atoms with Crippen LogP contribution in [-0.2, 0) is 10.9 Å². The summed E-state index contributed by atoms with van der Waals surface area (Å²) in [6.45, 7) is 3.51. The molecule has 0 fully saturated rings. The van der Waals surface area contributed by atoms with E-state index in [9.17, 15) is 18.0 Å². The Kier molecular flexibility index (Phi) is 6.09. The number of aromatic nitrogens is 2. The second-order valence-corrected chi connectivity index (χ2v) is 5.79. The Morgan fingerprint density at radius 2 is 1.85 bits per heavy atom. The fraction of sp³-hybridized carbons (Fsp3) is 0.353. The molecule has 2 N–H and O–H groups in total. The van der Waals surface area contributed by atoms with Gasteiger partial charge < -0.3 is 20.1 Å². The molecule has 0 unspecified atom stereocenters. The molecule has 2 aromatic rings. The largest absolute Gasteiger partial charge is 0.496 e. The SMILES string of the molecule is COC(=O)c1ccc(Nc2cc(C(F)(F)F)nc(NC(C)C)n2)cc1OC. The molecule has 0 aliphatic carbocycles. The number of esters is 1. The minimum absolute atomic E-state index is 0.0617. The van der Waals surface area contributed by atoms with Gasteiger partial charge in [0.25, 0.3) is 0 Å². The number of nitrogens with zero attached hydrogens (tertiary/aromatic N) is 2. The van der Waals surface area contributed by atoms with Gasteiger partial charge in [-0.3, -0.25) is 0 Å². The Hall–Kier alpha value is -3.04. The second-order valence-electron chi connectivity index (χ2n) is 5.79. The molecular formula is C17H19F3N4O3. The number of anilines is 3. The predicted molar refractivity (Wildman–Crippen MR) is 93.4 cm³/mol. The summed E-state index contributed by atoms with van der Waals surface area (Å²) < 4.78 is 49.1. The van der Waals surface area contributed by atoms with E-state index in [2.05, 4.69) is 25.3 Å². The van der Waals surface area contributed by atoms with Gasteiger partial charge in [0, 0.05) is 23.9 Å². The monoisotopic (exact) mass is 384 g/mol. The summed E-state index contributed by atoms with van der Waals surface area (Å²) in [6.07, 6.45) is -4.63. The summed E-state index contributed by atoms with van der Waals surface area (Å²) in [5.74, 6) is -0.602. The highest BCUT2D eigenvalue weighted by Gasteiger charge is 2.34. The minimum Gasteiger partial charge on any atom is -0.496 e. The van der Waals surface area contributed by atoms with Gasteiger partial charge in [-0.15, -0.1) is 0 Å². The molecule has 0 amide bonds. The maximum absolute atomic E-state index is 13.1. The van der Waals surface area contributed by atoms with Gasteiger partial charge in [-0.05, 0) is 26.0 Å². The number of hydrogen-bond acceptors (Lipinski definition) is 7. The van der Waals surface area contributed by atoms with Crippen molar-refractivity contribution in [3.63, 3.8) is 0 Å². The van der Waals surface area contributed by atoms with Crippen molar-refractivity contribution in [2.45, 2.75) is 26.1 Å². The normalized spacial score (nSPS) is 11.3. The molecular weight excluding hydrogens is 365 g/mol. The van der Waals surface area contributed by atoms with Crippen LogP contribution in [0.3, 0.4) is 0 Å². The van der Waals surface area contributed by atoms with Crippen LogP contribution in [0.1, 0.15) is 29.9 Å². The summed E-state index contributed by atoms with van der Waals surface area (Å²) in [4.78, 5) is 19.2. The third-order valence-electron chi connectivity index (χ3n) is 3.31. The number of nitrogens with one attached hydrogen (secondary N) is 2. The first-order chi connectivity index (χ1) is 12.6. The van der Waals surface area contributed by atoms with Crippen molar-refractivity contribution >= 4 is 23.4 Å². The first-order valence-electron chi connectivity index (χ1n) is 7.90. The zero-order valence-electron chi connectivity index (χ0n) is 15.1. The van der Waals surface area contributed by atoms with Crippen LogP contribution in [0.5, 0.6) is 5.75 Å². The maximum atomic E-state index is 13.1. The fourth-order valence-electron chi connectivity index (χ4n) is 2.17. The first kappa shape index (κ1) is 20.3. The first-order valence-corrected chi connectivity index (χ1v) is 7.90. The maximum Gasteiger partial charge on any atom is 0.433 e. The second kappa shape index (κ2) is 8.11. The smallest absolute Gasteiger partial charge is 0.433 e. The van der Waals surface area contributed by atoms with Gasteiger partial charge in [0.2, 0.25) is 5.95 Å². The number of halogens is 3. The van der Waals surface area contributed by atoms with Gasteiger partial charge in [-0.25, -0.2) is 9.78 Å². The molecule has 10 heteroatoms. The third-order valence-corrected chi connectivity index (χ3v) is 3.31. The average molecular weight is 384 g/mol. The number of benzene rings is 1. The summed E-state index contributed by atoms with van der Waals surface area (Å²) in [7, 11) is 2.60. The van der Waals surface area contributed by atoms with E-state index in [0.29, 0.717) is 5.69 Å². The summed E-state index contributed by atoms with van der Waals surface area (Å²) in [5.41, 5.74) is -0.519. The molecule has 2 rings (SSSR count). The van der Waals surface area contributed by atoms with Gasteiger partial charge in [0.15, 0.2) is 5.69 Å². The summed E-state index contributed by atoms with van der Waals surface area (Å²) in [6, 6.07) is 5.04. The highest BCUT2D eigenvalue weighted by molar-refractivity contribution is 5.93. The van der Waals surface area contributed by atoms with E-state index in [1.54, 1.807) is 13.8 Å². The molecule has 1 heterocycles. The van der Waals surface area contributed by atoms with Crippen molar-refractivity contribution in [1.82, 2.24) is 9.97 Å². The Balaban J connectivity index is 2.39. The van der Waals surface area contributed by atoms with Crippen LogP contribution in [0, 0.1) is 0 Å². The van der Waals surface area contributed by atoms with Gasteiger partial charge in [0.05, 0.1) is 14.2 Å². The number of rotatable bonds is 6. The molecule has 0 radical (unpaired) electrons. The van der Waals surface area contributed by atoms with E-state index in [-0.39, 0.29) is 29.1 Å². The van der Waals surface area contributed by atoms with E-state index in [0.717, 1.165) is 6.07 Å². The molecule has 0 bridgehead atoms. The number of carbonyl (C=O) groups excluding carboxylic acids is 1. The van der Waals surface area contributed by atoms with Gasteiger partial charge in [0.1, 0.15) is 17.1 Å². The molecule has 1 aromatic heterocycles. The lowest BCUT2D eigenvalue weighted by Crippen LogP contribution is -2.17. The zero-order valence-corrected chi connectivity index (χ0v) is 15.1. The lowest BCUT2D eigenvalue weighted by atomic mass is 10.2. The highest BCUT2D eigenvalue weighted by atomic mass is 19.4. The van der Waals surface area contributed by atoms with Crippen molar-refractivity contribution in [3.05, 3.63) is 35.5 Å². The third kappa shape index (κ3) is 5.22. The van der Waals surface area contributed by atoms with E-state index in [1.807, 2.05) is 0 Å². The lowest BCUT2D eigenvalue weighted by Gasteiger charge is -2.15. The van der Waals surface area contributed by atoms with E-state index in [1.165, 1.54) is 32.4 Å². The van der Waals surface area contributed by atoms with Crippen LogP contribution in [-0.4, -0.2) is 36.2 Å². The molecule has 0 saturated heterocycles. The number of alkyl halides is 3. The van der Waals surface area contributed by atoms with Crippen molar-refractivity contribution in [1.29, 1.82) is 0 Å². The quantitative estimate of drug-likeness (QED) is 0.732. The van der Waals surface area contributed by atoms with E-state index < -0.39 is 17.8 Å². The molecule has 0 spiro atoms. The van der Waals surface area contributed by atoms with Gasteiger partial charge >= 0.3 is 12.1 Å². The number of ether oxygens (including phenoxy) is 2. The average Bonchev–Trinajstić information content (AvgIpc) is 2.59. The van der Waals surface area contributed by atoms with Crippen LogP contribution in [0.15, 0.2) is 24.3 Å². The van der Waals surface area contributed by atoms with Gasteiger partial charge in [-0.2, -0.15) is 18.2 Å². The highest BCUT2D eigenvalue weighted by Crippen LogP contribution is 2.31. The van der Waals surface area contributed by atoms with Crippen molar-refractivity contribution < 1.29 is 27.4 Å². The number of hydrogen-bond donors (Lipinski definition) is 2. The molecule has 0 saturated carbocycles. The van der Waals surface area contributed by atoms with Gasteiger partial charge in [-0.1, -0.05) is 0 Å². The summed E-state index contributed by atoms with van der Waals surface area (Å²) >= 11 is 0. The Morgan fingerprint density at radius 1 is 1.15 bits per heavy atom. The topological polar surface area (TPSA) is 85.4 Å². The standard InChI is InChI=1S/C17H19F3N4O3/c1-9(2)21-16-23-13(17(18,19)20)8-14(24-16)22-10-5-6-11(15(25)27-4)12(7-10)26-3/h5-9H,1-4H3,(H2,21,22,23,24). The summed E-state index contributed by atoms with van der Waals surface area (Å²) in [5, 5.41) is 5.52. The Labute approximate surface area is 153 Å². The van der Waals surface area contributed by atoms with E-state index >= 15 is 0 Å². The van der Waals surface area contributed by atoms with E-state index in [4.69, 9.17) is 4.74 Å². The molecule has 1 aromatic carbocycles. The molecule has 27 heavy (non-hydrogen) atoms. The molecule has 0 atom stereocenters. The van der Waals surface area contributed by atoms with Crippen LogP contribution in [0.25, 0.3) is 0 Å². The van der Waals surface area contributed by atoms with Crippen molar-refractivity contribution in [3.8, 4) is 5.75 Å². The molecule has 146 valence electrons. The Bertz CT molecular complexity index is 826. The number of methoxy groups -OCH3 is 2. The van der Waals surface area contributed by atoms with Crippen LogP contribution < -0.4 is 15.4 Å². The molecule has 0 aliphatic rings. The van der Waals surface area contributed by atoms with Crippen LogP contribution in [0.2, 0.25) is 0 Å². The number of carbonyl (C=O) groups is 1. The minimum atomic E-state index is -4.63. The van der Waals surface area contributed by atoms with Crippen molar-refractivity contribution in [2.75, 3.05) is 24.9 Å². The zero-order chi connectivity index (χ0) is 20.2. The van der Waals surface area contributed by atoms with Crippen LogP contribution in [0.4, 0.5) is 30.6 Å². The van der Waals surface area contributed by atoms with Crippen molar-refractivity contribution in [2.24, 2.45) is 0 Å². The molecule has 0 aliphatic heterocycles. The fourth-order valence-corrected chi connectivity index (χ4v) is 2.17. The predicted octanol–water partition coefficient (Wildman–Crippen LogP) is 3.85. The lowest BCUT2D eigenvalue weighted by molar-refractivity contribution is -0.141. The Morgan fingerprint density at radius 3 is 2.41 bits per heavy atom. The molecule has 7 nitrogen and oxygen atoms in total.